The maximum atomic E-state index is 3.95. The van der Waals surface area contributed by atoms with Crippen molar-refractivity contribution >= 4 is 0 Å². The van der Waals surface area contributed by atoms with Crippen molar-refractivity contribution in [1.29, 1.82) is 0 Å². The Kier molecular flexibility index (Phi) is 4.04. The van der Waals surface area contributed by atoms with Crippen LogP contribution < -0.4 is 0 Å². The van der Waals surface area contributed by atoms with Gasteiger partial charge in [-0.3, -0.25) is 0 Å². The van der Waals surface area contributed by atoms with Gasteiger partial charge in [-0.05, 0) is 18.3 Å². The first-order valence-corrected chi connectivity index (χ1v) is 5.36. The van der Waals surface area contributed by atoms with E-state index in [2.05, 4.69) is 41.4 Å². The number of hydrogen-bond acceptors (Lipinski definition) is 3. The van der Waals surface area contributed by atoms with Gasteiger partial charge in [-0.2, -0.15) is 5.21 Å². The molecule has 0 amide bonds. The maximum absolute atomic E-state index is 3.95. The van der Waals surface area contributed by atoms with Crippen molar-refractivity contribution in [2.75, 3.05) is 0 Å². The van der Waals surface area contributed by atoms with Crippen LogP contribution in [0.2, 0.25) is 0 Å². The van der Waals surface area contributed by atoms with Crippen LogP contribution in [0.3, 0.4) is 0 Å². The molecule has 1 rings (SSSR count). The molecule has 0 bridgehead atoms. The van der Waals surface area contributed by atoms with Gasteiger partial charge in [0.05, 0.1) is 0 Å². The van der Waals surface area contributed by atoms with Gasteiger partial charge in [0, 0.05) is 6.42 Å². The van der Waals surface area contributed by atoms with Gasteiger partial charge in [0.25, 0.3) is 0 Å². The quantitative estimate of drug-likeness (QED) is 0.759. The summed E-state index contributed by atoms with van der Waals surface area (Å²) in [6.07, 6.45) is 5.91. The standard InChI is InChI=1S/C10H20N4/c1-4-5-7-10(2,3)8-6-9-11-13-14-12-9/h4-8H2,1-3H3,(H,11,12,13,14). The molecule has 1 heterocycles. The minimum Gasteiger partial charge on any atom is -0.177 e. The molecule has 0 saturated carbocycles. The lowest BCUT2D eigenvalue weighted by molar-refractivity contribution is 0.296. The van der Waals surface area contributed by atoms with E-state index in [9.17, 15) is 0 Å². The third kappa shape index (κ3) is 3.85. The van der Waals surface area contributed by atoms with Gasteiger partial charge >= 0.3 is 0 Å². The molecule has 0 aliphatic carbocycles. The van der Waals surface area contributed by atoms with Gasteiger partial charge in [0.15, 0.2) is 5.82 Å². The summed E-state index contributed by atoms with van der Waals surface area (Å²) in [6.45, 7) is 6.85. The second-order valence-corrected chi connectivity index (χ2v) is 4.60. The molecule has 1 aromatic heterocycles. The van der Waals surface area contributed by atoms with Crippen LogP contribution in [-0.2, 0) is 6.42 Å². The topological polar surface area (TPSA) is 54.5 Å². The number of H-pyrrole nitrogens is 1. The van der Waals surface area contributed by atoms with E-state index < -0.39 is 0 Å². The van der Waals surface area contributed by atoms with Crippen molar-refractivity contribution in [3.8, 4) is 0 Å². The number of nitrogens with zero attached hydrogens (tertiary/aromatic N) is 3. The molecule has 0 atom stereocenters. The fourth-order valence-electron chi connectivity index (χ4n) is 1.52. The van der Waals surface area contributed by atoms with Crippen LogP contribution in [-0.4, -0.2) is 20.6 Å². The molecule has 0 radical (unpaired) electrons. The van der Waals surface area contributed by atoms with E-state index in [0.717, 1.165) is 18.7 Å². The molecule has 14 heavy (non-hydrogen) atoms. The average Bonchev–Trinajstić information content (AvgIpc) is 2.64. The molecular formula is C10H20N4. The highest BCUT2D eigenvalue weighted by Crippen LogP contribution is 2.28. The Labute approximate surface area is 85.5 Å². The highest BCUT2D eigenvalue weighted by molar-refractivity contribution is 4.80. The Morgan fingerprint density at radius 3 is 2.64 bits per heavy atom. The van der Waals surface area contributed by atoms with E-state index in [1.165, 1.54) is 19.3 Å². The van der Waals surface area contributed by atoms with E-state index in [4.69, 9.17) is 0 Å². The third-order valence-corrected chi connectivity index (χ3v) is 2.62. The van der Waals surface area contributed by atoms with Crippen LogP contribution in [0, 0.1) is 5.41 Å². The van der Waals surface area contributed by atoms with E-state index in [1.54, 1.807) is 0 Å². The summed E-state index contributed by atoms with van der Waals surface area (Å²) < 4.78 is 0. The van der Waals surface area contributed by atoms with E-state index in [1.807, 2.05) is 0 Å². The van der Waals surface area contributed by atoms with Crippen molar-refractivity contribution in [2.45, 2.75) is 52.9 Å². The Balaban J connectivity index is 2.28. The summed E-state index contributed by atoms with van der Waals surface area (Å²) in [5.74, 6) is 0.828. The fourth-order valence-corrected chi connectivity index (χ4v) is 1.52. The predicted octanol–water partition coefficient (Wildman–Crippen LogP) is 2.35. The first-order valence-electron chi connectivity index (χ1n) is 5.36. The zero-order valence-electron chi connectivity index (χ0n) is 9.38. The van der Waals surface area contributed by atoms with Crippen molar-refractivity contribution < 1.29 is 0 Å². The Morgan fingerprint density at radius 2 is 2.07 bits per heavy atom. The summed E-state index contributed by atoms with van der Waals surface area (Å²) in [4.78, 5) is 0. The summed E-state index contributed by atoms with van der Waals surface area (Å²) >= 11 is 0. The molecule has 0 saturated heterocycles. The molecular weight excluding hydrogens is 176 g/mol. The molecule has 1 aromatic rings. The molecule has 0 aliphatic rings. The van der Waals surface area contributed by atoms with Crippen LogP contribution in [0.5, 0.6) is 0 Å². The molecule has 0 spiro atoms. The lowest BCUT2D eigenvalue weighted by atomic mass is 9.83. The summed E-state index contributed by atoms with van der Waals surface area (Å²) in [5.41, 5.74) is 0.399. The first-order chi connectivity index (χ1) is 6.64. The van der Waals surface area contributed by atoms with Crippen molar-refractivity contribution in [3.05, 3.63) is 5.82 Å². The number of rotatable bonds is 6. The zero-order chi connectivity index (χ0) is 10.4. The number of nitrogens with one attached hydrogen (secondary N) is 1. The Bertz CT molecular complexity index is 241. The van der Waals surface area contributed by atoms with Crippen molar-refractivity contribution in [2.24, 2.45) is 5.41 Å². The van der Waals surface area contributed by atoms with Crippen LogP contribution in [0.25, 0.3) is 0 Å². The van der Waals surface area contributed by atoms with E-state index in [-0.39, 0.29) is 0 Å². The van der Waals surface area contributed by atoms with Crippen molar-refractivity contribution in [1.82, 2.24) is 20.6 Å². The first kappa shape index (κ1) is 11.1. The minimum atomic E-state index is 0.399. The van der Waals surface area contributed by atoms with Crippen LogP contribution in [0.4, 0.5) is 0 Å². The zero-order valence-corrected chi connectivity index (χ0v) is 9.38. The van der Waals surface area contributed by atoms with Gasteiger partial charge in [-0.15, -0.1) is 10.2 Å². The van der Waals surface area contributed by atoms with Gasteiger partial charge in [0.2, 0.25) is 0 Å². The highest BCUT2D eigenvalue weighted by atomic mass is 15.5. The number of tetrazole rings is 1. The monoisotopic (exact) mass is 196 g/mol. The molecule has 4 heteroatoms. The largest absolute Gasteiger partial charge is 0.177 e. The smallest absolute Gasteiger partial charge is 0.174 e. The number of hydrogen-bond donors (Lipinski definition) is 1. The molecule has 80 valence electrons. The molecule has 0 fully saturated rings. The summed E-state index contributed by atoms with van der Waals surface area (Å²) in [6, 6.07) is 0. The Morgan fingerprint density at radius 1 is 1.29 bits per heavy atom. The van der Waals surface area contributed by atoms with E-state index in [0.29, 0.717) is 5.41 Å². The third-order valence-electron chi connectivity index (χ3n) is 2.62. The van der Waals surface area contributed by atoms with Gasteiger partial charge in [-0.25, -0.2) is 0 Å². The Hall–Kier alpha value is -0.930. The van der Waals surface area contributed by atoms with Crippen LogP contribution in [0.1, 0.15) is 52.3 Å². The predicted molar refractivity (Wildman–Crippen MR) is 55.8 cm³/mol. The average molecular weight is 196 g/mol. The van der Waals surface area contributed by atoms with Gasteiger partial charge < -0.3 is 0 Å². The fraction of sp³-hybridized carbons (Fsp3) is 0.900. The number of aromatic nitrogens is 4. The van der Waals surface area contributed by atoms with Gasteiger partial charge in [-0.1, -0.05) is 38.8 Å². The maximum Gasteiger partial charge on any atom is 0.174 e. The normalized spacial score (nSPS) is 11.9. The lowest BCUT2D eigenvalue weighted by Gasteiger charge is -2.23. The van der Waals surface area contributed by atoms with E-state index >= 15 is 0 Å². The molecule has 0 aromatic carbocycles. The van der Waals surface area contributed by atoms with Crippen molar-refractivity contribution in [3.63, 3.8) is 0 Å². The molecule has 0 unspecified atom stereocenters. The summed E-state index contributed by atoms with van der Waals surface area (Å²) in [7, 11) is 0. The van der Waals surface area contributed by atoms with Crippen LogP contribution >= 0.6 is 0 Å². The minimum absolute atomic E-state index is 0.399. The SMILES string of the molecule is CCCCC(C)(C)CCc1nn[nH]n1. The highest BCUT2D eigenvalue weighted by Gasteiger charge is 2.17. The van der Waals surface area contributed by atoms with Gasteiger partial charge in [0.1, 0.15) is 0 Å². The lowest BCUT2D eigenvalue weighted by Crippen LogP contribution is -2.12. The summed E-state index contributed by atoms with van der Waals surface area (Å²) in [5, 5.41) is 13.9. The number of aromatic amines is 1. The molecule has 0 aliphatic heterocycles. The second-order valence-electron chi connectivity index (χ2n) is 4.60. The number of unbranched alkanes of at least 4 members (excludes halogenated alkanes) is 1. The molecule has 1 N–H and O–H groups in total. The number of aryl methyl sites for hydroxylation is 1. The second kappa shape index (κ2) is 5.08. The van der Waals surface area contributed by atoms with Crippen LogP contribution in [0.15, 0.2) is 0 Å². The molecule has 4 nitrogen and oxygen atoms in total.